The Balaban J connectivity index is 2.25. The third-order valence-electron chi connectivity index (χ3n) is 3.63. The molecule has 0 bridgehead atoms. The Morgan fingerprint density at radius 2 is 2.06 bits per heavy atom. The van der Waals surface area contributed by atoms with E-state index >= 15 is 0 Å². The number of aromatic nitrogens is 3. The van der Waals surface area contributed by atoms with Crippen molar-refractivity contribution in [3.63, 3.8) is 0 Å². The number of hydrogen-bond acceptors (Lipinski definition) is 4. The maximum atomic E-state index is 10.2. The second kappa shape index (κ2) is 3.00. The molecule has 1 N–H and O–H groups in total. The van der Waals surface area contributed by atoms with Crippen molar-refractivity contribution in [1.29, 1.82) is 0 Å². The highest BCUT2D eigenvalue weighted by molar-refractivity contribution is 6.05. The minimum absolute atomic E-state index is 0.747. The third kappa shape index (κ3) is 1.03. The van der Waals surface area contributed by atoms with Crippen LogP contribution in [0.25, 0.3) is 21.9 Å². The number of nitrogens with zero attached hydrogens (tertiary/aromatic N) is 3. The van der Waals surface area contributed by atoms with Crippen LogP contribution < -0.4 is 0 Å². The van der Waals surface area contributed by atoms with E-state index in [9.17, 15) is 5.21 Å². The predicted molar refractivity (Wildman–Crippen MR) is 61.1 cm³/mol. The highest BCUT2D eigenvalue weighted by Gasteiger charge is 2.22. The van der Waals surface area contributed by atoms with Crippen LogP contribution in [0.5, 0.6) is 0 Å². The lowest BCUT2D eigenvalue weighted by Gasteiger charge is -2.11. The van der Waals surface area contributed by atoms with Gasteiger partial charge in [-0.15, -0.1) is 0 Å². The first-order valence-corrected chi connectivity index (χ1v) is 5.83. The van der Waals surface area contributed by atoms with Gasteiger partial charge < -0.3 is 5.21 Å². The summed E-state index contributed by atoms with van der Waals surface area (Å²) in [6.07, 6.45) is 4.20. The Kier molecular flexibility index (Phi) is 1.59. The maximum Gasteiger partial charge on any atom is 0.145 e. The van der Waals surface area contributed by atoms with E-state index in [0.717, 1.165) is 53.3 Å². The van der Waals surface area contributed by atoms with Crippen molar-refractivity contribution in [1.82, 2.24) is 15.0 Å². The van der Waals surface area contributed by atoms with Gasteiger partial charge in [0, 0.05) is 5.39 Å². The van der Waals surface area contributed by atoms with Gasteiger partial charge in [0.1, 0.15) is 11.0 Å². The molecule has 86 valence electrons. The van der Waals surface area contributed by atoms with Crippen molar-refractivity contribution in [2.75, 3.05) is 0 Å². The van der Waals surface area contributed by atoms with Gasteiger partial charge in [0.25, 0.3) is 0 Å². The van der Waals surface area contributed by atoms with Crippen molar-refractivity contribution < 1.29 is 9.84 Å². The predicted octanol–water partition coefficient (Wildman–Crippen LogP) is 2.29. The molecule has 0 spiro atoms. The Hall–Kier alpha value is -2.04. The molecule has 4 rings (SSSR count). The molecule has 2 aromatic heterocycles. The summed E-state index contributed by atoms with van der Waals surface area (Å²) >= 11 is 0. The molecule has 3 aromatic rings. The first-order chi connectivity index (χ1) is 8.36. The van der Waals surface area contributed by atoms with E-state index in [1.54, 1.807) is 0 Å². The largest absolute Gasteiger partial charge is 0.428 e. The molecule has 0 radical (unpaired) electrons. The summed E-state index contributed by atoms with van der Waals surface area (Å²) in [7, 11) is 0. The molecule has 0 saturated heterocycles. The molecule has 2 heterocycles. The second-order valence-electron chi connectivity index (χ2n) is 4.54. The number of fused-ring (bicyclic) bond motifs is 5. The monoisotopic (exact) mass is 229 g/mol. The van der Waals surface area contributed by atoms with E-state index in [-0.39, 0.29) is 0 Å². The molecular weight excluding hydrogens is 218 g/mol. The first kappa shape index (κ1) is 9.04. The van der Waals surface area contributed by atoms with Crippen LogP contribution in [0.4, 0.5) is 0 Å². The van der Waals surface area contributed by atoms with Crippen LogP contribution in [0.1, 0.15) is 24.1 Å². The summed E-state index contributed by atoms with van der Waals surface area (Å²) in [6, 6.07) is 3.70. The van der Waals surface area contributed by atoms with Crippen molar-refractivity contribution >= 4 is 21.9 Å². The molecule has 5 nitrogen and oxygen atoms in total. The highest BCUT2D eigenvalue weighted by Crippen LogP contribution is 2.34. The van der Waals surface area contributed by atoms with Gasteiger partial charge in [0.15, 0.2) is 0 Å². The zero-order valence-corrected chi connectivity index (χ0v) is 9.18. The van der Waals surface area contributed by atoms with Gasteiger partial charge in [0.05, 0.1) is 11.2 Å². The van der Waals surface area contributed by atoms with Crippen molar-refractivity contribution in [3.05, 3.63) is 23.4 Å². The number of aryl methyl sites for hydroxylation is 1. The molecule has 1 aliphatic carbocycles. The Morgan fingerprint density at radius 1 is 1.18 bits per heavy atom. The third-order valence-corrected chi connectivity index (χ3v) is 3.63. The smallest absolute Gasteiger partial charge is 0.145 e. The van der Waals surface area contributed by atoms with Gasteiger partial charge in [-0.1, -0.05) is 0 Å². The Bertz CT molecular complexity index is 726. The van der Waals surface area contributed by atoms with Crippen LogP contribution in [-0.4, -0.2) is 20.3 Å². The fourth-order valence-electron chi connectivity index (χ4n) is 2.85. The fourth-order valence-corrected chi connectivity index (χ4v) is 2.85. The summed E-state index contributed by atoms with van der Waals surface area (Å²) in [5, 5.41) is 19.0. The van der Waals surface area contributed by atoms with Crippen molar-refractivity contribution in [2.24, 2.45) is 0 Å². The lowest BCUT2D eigenvalue weighted by atomic mass is 9.95. The zero-order valence-electron chi connectivity index (χ0n) is 9.18. The molecule has 0 aliphatic heterocycles. The zero-order chi connectivity index (χ0) is 11.4. The fraction of sp³-hybridized carbons (Fsp3) is 0.333. The maximum absolute atomic E-state index is 10.2. The molecule has 5 heteroatoms. The van der Waals surface area contributed by atoms with Crippen LogP contribution in [0.3, 0.4) is 0 Å². The van der Waals surface area contributed by atoms with Crippen LogP contribution >= 0.6 is 0 Å². The molecule has 17 heavy (non-hydrogen) atoms. The lowest BCUT2D eigenvalue weighted by molar-refractivity contribution is 0.188. The normalized spacial score (nSPS) is 15.5. The van der Waals surface area contributed by atoms with Crippen LogP contribution in [0, 0.1) is 0 Å². The van der Waals surface area contributed by atoms with Gasteiger partial charge >= 0.3 is 0 Å². The molecule has 0 unspecified atom stereocenters. The molecule has 0 atom stereocenters. The SMILES string of the molecule is On1c2c(c3c4nonc4ccc31)CCCC2. The molecule has 0 amide bonds. The van der Waals surface area contributed by atoms with Crippen LogP contribution in [0.15, 0.2) is 16.8 Å². The van der Waals surface area contributed by atoms with Crippen LogP contribution in [0.2, 0.25) is 0 Å². The topological polar surface area (TPSA) is 64.1 Å². The number of hydrogen-bond donors (Lipinski definition) is 1. The Morgan fingerprint density at radius 3 is 3.00 bits per heavy atom. The second-order valence-corrected chi connectivity index (χ2v) is 4.54. The van der Waals surface area contributed by atoms with Crippen molar-refractivity contribution in [2.45, 2.75) is 25.7 Å². The van der Waals surface area contributed by atoms with E-state index in [2.05, 4.69) is 10.3 Å². The number of rotatable bonds is 0. The van der Waals surface area contributed by atoms with E-state index in [0.29, 0.717) is 0 Å². The summed E-state index contributed by atoms with van der Waals surface area (Å²) in [6.45, 7) is 0. The summed E-state index contributed by atoms with van der Waals surface area (Å²) < 4.78 is 6.09. The Labute approximate surface area is 96.6 Å². The molecule has 0 fully saturated rings. The lowest BCUT2D eigenvalue weighted by Crippen LogP contribution is -2.05. The highest BCUT2D eigenvalue weighted by atomic mass is 16.6. The summed E-state index contributed by atoms with van der Waals surface area (Å²) in [5.74, 6) is 0. The van der Waals surface area contributed by atoms with E-state index in [1.807, 2.05) is 12.1 Å². The molecule has 1 aliphatic rings. The van der Waals surface area contributed by atoms with Gasteiger partial charge in [-0.2, -0.15) is 4.73 Å². The molecule has 0 saturated carbocycles. The van der Waals surface area contributed by atoms with E-state index < -0.39 is 0 Å². The average molecular weight is 229 g/mol. The quantitative estimate of drug-likeness (QED) is 0.601. The van der Waals surface area contributed by atoms with Gasteiger partial charge in [-0.3, -0.25) is 0 Å². The van der Waals surface area contributed by atoms with Crippen LogP contribution in [-0.2, 0) is 12.8 Å². The number of benzene rings is 1. The average Bonchev–Trinajstić information content (AvgIpc) is 2.93. The summed E-state index contributed by atoms with van der Waals surface area (Å²) in [4.78, 5) is 0. The summed E-state index contributed by atoms with van der Waals surface area (Å²) in [5.41, 5.74) is 4.53. The van der Waals surface area contributed by atoms with Gasteiger partial charge in [-0.25, -0.2) is 4.63 Å². The first-order valence-electron chi connectivity index (χ1n) is 5.83. The standard InChI is InChI=1S/C12H11N3O2/c16-15-9-4-2-1-3-7(9)11-10(15)6-5-8-12(11)14-17-13-8/h5-6,16H,1-4H2. The van der Waals surface area contributed by atoms with Crippen molar-refractivity contribution in [3.8, 4) is 0 Å². The van der Waals surface area contributed by atoms with E-state index in [4.69, 9.17) is 4.63 Å². The van der Waals surface area contributed by atoms with Gasteiger partial charge in [0.2, 0.25) is 0 Å². The minimum atomic E-state index is 0.747. The van der Waals surface area contributed by atoms with Gasteiger partial charge in [-0.05, 0) is 53.7 Å². The molecule has 1 aromatic carbocycles. The van der Waals surface area contributed by atoms with E-state index in [1.165, 1.54) is 10.3 Å². The molecular formula is C12H11N3O2. The minimum Gasteiger partial charge on any atom is -0.428 e.